The second kappa shape index (κ2) is 16.2. The number of carbonyl (C=O) groups is 2. The van der Waals surface area contributed by atoms with Gasteiger partial charge in [0.15, 0.2) is 0 Å². The summed E-state index contributed by atoms with van der Waals surface area (Å²) in [6, 6.07) is 0. The molecule has 0 aliphatic heterocycles. The maximum Gasteiger partial charge on any atom is 0.446 e. The van der Waals surface area contributed by atoms with Crippen molar-refractivity contribution >= 4 is 41.0 Å². The molecule has 0 saturated heterocycles. The fraction of sp³-hybridized carbons (Fsp3) is 0.812. The number of thioether (sulfide) groups is 1. The monoisotopic (exact) mass is 409 g/mol. The fourth-order valence-corrected chi connectivity index (χ4v) is 2.45. The molecule has 0 aromatic rings. The first kappa shape index (κ1) is 25.0. The Morgan fingerprint density at radius 3 is 2.50 bits per heavy atom. The Morgan fingerprint density at radius 1 is 1.15 bits per heavy atom. The van der Waals surface area contributed by atoms with Gasteiger partial charge in [0.05, 0.1) is 19.6 Å². The number of hydrogen-bond acceptors (Lipinski definition) is 9. The first-order valence-electron chi connectivity index (χ1n) is 8.64. The number of hydrogen-bond donors (Lipinski definition) is 0. The minimum atomic E-state index is -0.587. The summed E-state index contributed by atoms with van der Waals surface area (Å²) in [4.78, 5) is 28.4. The van der Waals surface area contributed by atoms with E-state index in [1.54, 1.807) is 20.9 Å². The highest BCUT2D eigenvalue weighted by molar-refractivity contribution is 8.13. The van der Waals surface area contributed by atoms with E-state index in [4.69, 9.17) is 14.3 Å². The minimum absolute atomic E-state index is 0.239. The Hall–Kier alpha value is -0.970. The van der Waals surface area contributed by atoms with Crippen LogP contribution < -0.4 is 0 Å². The van der Waals surface area contributed by atoms with Gasteiger partial charge in [0.1, 0.15) is 5.04 Å². The van der Waals surface area contributed by atoms with E-state index in [-0.39, 0.29) is 12.4 Å². The minimum Gasteiger partial charge on any atom is -0.466 e. The molecule has 0 aliphatic carbocycles. The number of esters is 1. The van der Waals surface area contributed by atoms with Crippen molar-refractivity contribution in [2.45, 2.75) is 40.0 Å². The van der Waals surface area contributed by atoms with Crippen LogP contribution in [0.4, 0.5) is 4.79 Å². The molecule has 0 saturated carbocycles. The van der Waals surface area contributed by atoms with Crippen molar-refractivity contribution in [3.8, 4) is 0 Å². The molecule has 0 aliphatic rings. The first-order chi connectivity index (χ1) is 12.4. The zero-order chi connectivity index (χ0) is 19.8. The topological polar surface area (TPSA) is 80.7 Å². The average molecular weight is 410 g/mol. The van der Waals surface area contributed by atoms with E-state index < -0.39 is 6.09 Å². The molecule has 0 aromatic heterocycles. The Labute approximate surface area is 165 Å². The van der Waals surface area contributed by atoms with Gasteiger partial charge in [-0.2, -0.15) is 0 Å². The molecule has 0 aromatic carbocycles. The third-order valence-corrected chi connectivity index (χ3v) is 4.70. The highest BCUT2D eigenvalue weighted by Gasteiger charge is 2.18. The Morgan fingerprint density at radius 2 is 1.88 bits per heavy atom. The average Bonchev–Trinajstić information content (AvgIpc) is 2.63. The Bertz CT molecular complexity index is 438. The van der Waals surface area contributed by atoms with Crippen LogP contribution in [0.2, 0.25) is 0 Å². The summed E-state index contributed by atoms with van der Waals surface area (Å²) in [5, 5.41) is 4.38. The SMILES string of the molecule is CCCCOCCN(CCC(=O)OCC)SN(C)C(=O)ON=C(C)SC. The summed E-state index contributed by atoms with van der Waals surface area (Å²) < 4.78 is 13.7. The molecule has 10 heteroatoms. The largest absolute Gasteiger partial charge is 0.466 e. The predicted molar refractivity (Wildman–Crippen MR) is 107 cm³/mol. The van der Waals surface area contributed by atoms with Gasteiger partial charge in [-0.05, 0) is 26.5 Å². The molecule has 0 spiro atoms. The van der Waals surface area contributed by atoms with Crippen LogP contribution in [-0.2, 0) is 19.1 Å². The van der Waals surface area contributed by atoms with E-state index in [0.29, 0.717) is 38.0 Å². The van der Waals surface area contributed by atoms with Crippen LogP contribution in [0.5, 0.6) is 0 Å². The van der Waals surface area contributed by atoms with Gasteiger partial charge >= 0.3 is 12.1 Å². The molecule has 0 bridgehead atoms. The number of oxime groups is 1. The normalized spacial score (nSPS) is 11.5. The van der Waals surface area contributed by atoms with Gasteiger partial charge in [0.25, 0.3) is 0 Å². The van der Waals surface area contributed by atoms with E-state index in [2.05, 4.69) is 12.1 Å². The van der Waals surface area contributed by atoms with Crippen LogP contribution in [0, 0.1) is 0 Å². The molecule has 26 heavy (non-hydrogen) atoms. The molecular weight excluding hydrogens is 378 g/mol. The fourth-order valence-electron chi connectivity index (χ4n) is 1.56. The lowest BCUT2D eigenvalue weighted by Gasteiger charge is -2.24. The van der Waals surface area contributed by atoms with E-state index in [1.165, 1.54) is 16.1 Å². The lowest BCUT2D eigenvalue weighted by Crippen LogP contribution is -2.31. The third-order valence-electron chi connectivity index (χ3n) is 3.04. The molecule has 8 nitrogen and oxygen atoms in total. The van der Waals surface area contributed by atoms with Gasteiger partial charge in [0, 0.05) is 38.9 Å². The van der Waals surface area contributed by atoms with E-state index in [0.717, 1.165) is 25.0 Å². The van der Waals surface area contributed by atoms with Crippen molar-refractivity contribution < 1.29 is 23.9 Å². The van der Waals surface area contributed by atoms with Gasteiger partial charge in [0.2, 0.25) is 0 Å². The highest BCUT2D eigenvalue weighted by Crippen LogP contribution is 2.16. The second-order valence-electron chi connectivity index (χ2n) is 5.20. The van der Waals surface area contributed by atoms with Crippen molar-refractivity contribution in [3.63, 3.8) is 0 Å². The molecule has 0 atom stereocenters. The van der Waals surface area contributed by atoms with Crippen molar-refractivity contribution in [2.75, 3.05) is 46.2 Å². The standard InChI is InChI=1S/C16H31N3O5S2/c1-6-8-12-22-13-11-19(10-9-15(20)23-7-2)26-18(4)16(21)24-17-14(3)25-5/h6-13H2,1-5H3. The quantitative estimate of drug-likeness (QED) is 0.0871. The lowest BCUT2D eigenvalue weighted by molar-refractivity contribution is -0.143. The van der Waals surface area contributed by atoms with Gasteiger partial charge in [-0.15, -0.1) is 11.8 Å². The predicted octanol–water partition coefficient (Wildman–Crippen LogP) is 3.39. The second-order valence-corrected chi connectivity index (χ2v) is 7.43. The molecule has 0 radical (unpaired) electrons. The highest BCUT2D eigenvalue weighted by atomic mass is 32.2. The van der Waals surface area contributed by atoms with Crippen LogP contribution in [-0.4, -0.2) is 71.9 Å². The van der Waals surface area contributed by atoms with Crippen molar-refractivity contribution in [3.05, 3.63) is 0 Å². The van der Waals surface area contributed by atoms with Crippen LogP contribution in [0.25, 0.3) is 0 Å². The smallest absolute Gasteiger partial charge is 0.446 e. The summed E-state index contributed by atoms with van der Waals surface area (Å²) in [6.07, 6.45) is 3.58. The zero-order valence-corrected chi connectivity index (χ0v) is 18.0. The molecule has 0 fully saturated rings. The van der Waals surface area contributed by atoms with Crippen LogP contribution >= 0.6 is 23.9 Å². The van der Waals surface area contributed by atoms with Gasteiger partial charge in [-0.3, -0.25) is 9.63 Å². The molecule has 152 valence electrons. The number of nitrogens with zero attached hydrogens (tertiary/aromatic N) is 3. The summed E-state index contributed by atoms with van der Waals surface area (Å²) in [5.41, 5.74) is 0. The summed E-state index contributed by atoms with van der Waals surface area (Å²) >= 11 is 2.56. The van der Waals surface area contributed by atoms with Gasteiger partial charge < -0.3 is 9.47 Å². The summed E-state index contributed by atoms with van der Waals surface area (Å²) in [6.45, 7) is 8.20. The summed E-state index contributed by atoms with van der Waals surface area (Å²) in [7, 11) is 1.59. The maximum absolute atomic E-state index is 12.0. The number of amides is 1. The van der Waals surface area contributed by atoms with Crippen LogP contribution in [0.1, 0.15) is 40.0 Å². The van der Waals surface area contributed by atoms with Crippen LogP contribution in [0.15, 0.2) is 5.16 Å². The van der Waals surface area contributed by atoms with E-state index in [1.807, 2.05) is 10.6 Å². The third kappa shape index (κ3) is 13.3. The summed E-state index contributed by atoms with van der Waals surface area (Å²) in [5.74, 6) is -0.268. The van der Waals surface area contributed by atoms with E-state index in [9.17, 15) is 9.59 Å². The van der Waals surface area contributed by atoms with Crippen molar-refractivity contribution in [1.29, 1.82) is 0 Å². The zero-order valence-electron chi connectivity index (χ0n) is 16.4. The van der Waals surface area contributed by atoms with Gasteiger partial charge in [-0.1, -0.05) is 18.5 Å². The Kier molecular flexibility index (Phi) is 15.6. The lowest BCUT2D eigenvalue weighted by atomic mass is 10.4. The van der Waals surface area contributed by atoms with Crippen molar-refractivity contribution in [1.82, 2.24) is 8.61 Å². The van der Waals surface area contributed by atoms with Gasteiger partial charge in [-0.25, -0.2) is 13.4 Å². The number of rotatable bonds is 13. The number of unbranched alkanes of at least 4 members (excludes halogenated alkanes) is 1. The number of ether oxygens (including phenoxy) is 2. The van der Waals surface area contributed by atoms with Crippen molar-refractivity contribution in [2.24, 2.45) is 5.16 Å². The molecule has 0 heterocycles. The Balaban J connectivity index is 4.50. The van der Waals surface area contributed by atoms with E-state index >= 15 is 0 Å². The molecular formula is C16H31N3O5S2. The maximum atomic E-state index is 12.0. The number of carbonyl (C=O) groups excluding carboxylic acids is 2. The molecule has 0 unspecified atom stereocenters. The first-order valence-corrected chi connectivity index (χ1v) is 10.6. The molecule has 0 N–H and O–H groups in total. The molecule has 1 amide bonds. The molecule has 0 rings (SSSR count). The van der Waals surface area contributed by atoms with Crippen LogP contribution in [0.3, 0.4) is 0 Å².